The largest absolute Gasteiger partial charge is 0.348 e. The number of aromatic amines is 2. The Morgan fingerprint density at radius 3 is 2.76 bits per heavy atom. The molecule has 4 heteroatoms. The zero-order valence-electron chi connectivity index (χ0n) is 9.03. The van der Waals surface area contributed by atoms with Gasteiger partial charge in [-0.1, -0.05) is 18.2 Å². The summed E-state index contributed by atoms with van der Waals surface area (Å²) in [7, 11) is 0. The molecule has 0 aliphatic rings. The number of rotatable bonds is 3. The second-order valence-electron chi connectivity index (χ2n) is 3.79. The van der Waals surface area contributed by atoms with Crippen LogP contribution >= 0.6 is 0 Å². The van der Waals surface area contributed by atoms with Gasteiger partial charge in [-0.2, -0.15) is 0 Å². The first-order valence-electron chi connectivity index (χ1n) is 5.35. The Morgan fingerprint density at radius 1 is 1.12 bits per heavy atom. The lowest BCUT2D eigenvalue weighted by Crippen LogP contribution is -1.93. The molecule has 3 N–H and O–H groups in total. The number of aromatic nitrogens is 2. The molecule has 17 heavy (non-hydrogen) atoms. The number of anilines is 2. The third-order valence-electron chi connectivity index (χ3n) is 2.72. The van der Waals surface area contributed by atoms with E-state index < -0.39 is 0 Å². The van der Waals surface area contributed by atoms with Crippen molar-refractivity contribution in [3.8, 4) is 0 Å². The van der Waals surface area contributed by atoms with E-state index in [1.54, 1.807) is 0 Å². The predicted molar refractivity (Wildman–Crippen MR) is 67.8 cm³/mol. The highest BCUT2D eigenvalue weighted by Crippen LogP contribution is 2.26. The predicted octanol–water partition coefficient (Wildman–Crippen LogP) is 3.05. The molecule has 0 bridgehead atoms. The molecule has 1 aromatic carbocycles. The van der Waals surface area contributed by atoms with E-state index in [2.05, 4.69) is 15.3 Å². The van der Waals surface area contributed by atoms with Crippen molar-refractivity contribution in [3.05, 3.63) is 48.2 Å². The summed E-state index contributed by atoms with van der Waals surface area (Å²) in [5.74, 6) is 1.56. The summed E-state index contributed by atoms with van der Waals surface area (Å²) < 4.78 is 0. The fourth-order valence-electron chi connectivity index (χ4n) is 1.93. The number of carbonyl (C=O) groups excluding carboxylic acids is 1. The third kappa shape index (κ3) is 1.59. The molecule has 2 heterocycles. The van der Waals surface area contributed by atoms with E-state index in [0.29, 0.717) is 11.4 Å². The first kappa shape index (κ1) is 9.72. The van der Waals surface area contributed by atoms with Crippen molar-refractivity contribution in [1.82, 2.24) is 9.97 Å². The fourth-order valence-corrected chi connectivity index (χ4v) is 1.93. The van der Waals surface area contributed by atoms with Gasteiger partial charge in [0.05, 0.1) is 5.56 Å². The lowest BCUT2D eigenvalue weighted by Gasteiger charge is -2.01. The van der Waals surface area contributed by atoms with Crippen LogP contribution in [0.1, 0.15) is 10.4 Å². The summed E-state index contributed by atoms with van der Waals surface area (Å²) in [4.78, 5) is 17.4. The zero-order valence-corrected chi connectivity index (χ0v) is 9.03. The Hall–Kier alpha value is -2.49. The molecule has 0 aliphatic heterocycles. The second-order valence-corrected chi connectivity index (χ2v) is 3.79. The van der Waals surface area contributed by atoms with Crippen LogP contribution in [0.2, 0.25) is 0 Å². The topological polar surface area (TPSA) is 60.7 Å². The third-order valence-corrected chi connectivity index (χ3v) is 2.72. The quantitative estimate of drug-likeness (QED) is 0.600. The normalized spacial score (nSPS) is 10.6. The van der Waals surface area contributed by atoms with Crippen molar-refractivity contribution in [3.63, 3.8) is 0 Å². The Morgan fingerprint density at radius 2 is 2.00 bits per heavy atom. The van der Waals surface area contributed by atoms with Crippen LogP contribution in [0.25, 0.3) is 10.9 Å². The van der Waals surface area contributed by atoms with E-state index in [1.165, 1.54) is 0 Å². The maximum atomic E-state index is 11.2. The van der Waals surface area contributed by atoms with E-state index in [0.717, 1.165) is 23.0 Å². The number of hydrogen-bond acceptors (Lipinski definition) is 2. The monoisotopic (exact) mass is 225 g/mol. The van der Waals surface area contributed by atoms with Gasteiger partial charge in [-0.25, -0.2) is 0 Å². The Bertz CT molecular complexity index is 652. The van der Waals surface area contributed by atoms with Crippen LogP contribution in [0.3, 0.4) is 0 Å². The highest BCUT2D eigenvalue weighted by molar-refractivity contribution is 6.03. The molecule has 0 atom stereocenters. The minimum atomic E-state index is 0.648. The molecular weight excluding hydrogens is 214 g/mol. The summed E-state index contributed by atoms with van der Waals surface area (Å²) in [6, 6.07) is 11.5. The maximum Gasteiger partial charge on any atom is 0.154 e. The van der Waals surface area contributed by atoms with Crippen LogP contribution in [0.4, 0.5) is 11.6 Å². The summed E-state index contributed by atoms with van der Waals surface area (Å²) in [5.41, 5.74) is 1.60. The van der Waals surface area contributed by atoms with E-state index in [9.17, 15) is 4.79 Å². The van der Waals surface area contributed by atoms with Crippen LogP contribution in [-0.2, 0) is 0 Å². The Balaban J connectivity index is 2.12. The molecule has 2 aromatic heterocycles. The number of fused-ring (bicyclic) bond motifs is 1. The molecular formula is C13H11N3O. The van der Waals surface area contributed by atoms with Gasteiger partial charge in [0.25, 0.3) is 0 Å². The number of carbonyl (C=O) groups is 1. The summed E-state index contributed by atoms with van der Waals surface area (Å²) in [6.45, 7) is 0. The Labute approximate surface area is 97.7 Å². The lowest BCUT2D eigenvalue weighted by molar-refractivity contribution is 0.112. The molecule has 0 fully saturated rings. The first-order valence-corrected chi connectivity index (χ1v) is 5.35. The van der Waals surface area contributed by atoms with Gasteiger partial charge in [-0.3, -0.25) is 4.79 Å². The molecule has 0 saturated carbocycles. The van der Waals surface area contributed by atoms with Crippen molar-refractivity contribution < 1.29 is 4.79 Å². The van der Waals surface area contributed by atoms with Gasteiger partial charge in [0, 0.05) is 17.1 Å². The SMILES string of the molecule is O=Cc1c(Nc2ccc[nH]2)[nH]c2ccccc12. The average molecular weight is 225 g/mol. The van der Waals surface area contributed by atoms with Gasteiger partial charge in [0.1, 0.15) is 11.6 Å². The highest BCUT2D eigenvalue weighted by Gasteiger charge is 2.10. The molecule has 0 saturated heterocycles. The smallest absolute Gasteiger partial charge is 0.154 e. The van der Waals surface area contributed by atoms with Crippen molar-refractivity contribution in [2.24, 2.45) is 0 Å². The van der Waals surface area contributed by atoms with Gasteiger partial charge in [-0.05, 0) is 18.2 Å². The molecule has 3 rings (SSSR count). The lowest BCUT2D eigenvalue weighted by atomic mass is 10.2. The van der Waals surface area contributed by atoms with Gasteiger partial charge in [0.2, 0.25) is 0 Å². The average Bonchev–Trinajstić information content (AvgIpc) is 2.96. The molecule has 3 aromatic rings. The van der Waals surface area contributed by atoms with Gasteiger partial charge >= 0.3 is 0 Å². The Kier molecular flexibility index (Phi) is 2.19. The molecule has 0 unspecified atom stereocenters. The van der Waals surface area contributed by atoms with Crippen molar-refractivity contribution >= 4 is 28.8 Å². The van der Waals surface area contributed by atoms with Crippen LogP contribution < -0.4 is 5.32 Å². The van der Waals surface area contributed by atoms with Crippen LogP contribution in [0, 0.1) is 0 Å². The number of H-pyrrole nitrogens is 2. The molecule has 0 radical (unpaired) electrons. The number of aldehydes is 1. The first-order chi connectivity index (χ1) is 8.38. The molecule has 0 spiro atoms. The van der Waals surface area contributed by atoms with Crippen molar-refractivity contribution in [2.45, 2.75) is 0 Å². The van der Waals surface area contributed by atoms with E-state index in [1.807, 2.05) is 42.6 Å². The van der Waals surface area contributed by atoms with E-state index in [4.69, 9.17) is 0 Å². The second kappa shape index (κ2) is 3.83. The summed E-state index contributed by atoms with van der Waals surface area (Å²) in [5, 5.41) is 4.08. The molecule has 0 aliphatic carbocycles. The van der Waals surface area contributed by atoms with Gasteiger partial charge < -0.3 is 15.3 Å². The van der Waals surface area contributed by atoms with Crippen LogP contribution in [-0.4, -0.2) is 16.3 Å². The maximum absolute atomic E-state index is 11.2. The summed E-state index contributed by atoms with van der Waals surface area (Å²) in [6.07, 6.45) is 2.69. The molecule has 4 nitrogen and oxygen atoms in total. The van der Waals surface area contributed by atoms with Crippen molar-refractivity contribution in [2.75, 3.05) is 5.32 Å². The van der Waals surface area contributed by atoms with Crippen LogP contribution in [0.5, 0.6) is 0 Å². The van der Waals surface area contributed by atoms with Crippen LogP contribution in [0.15, 0.2) is 42.6 Å². The minimum Gasteiger partial charge on any atom is -0.348 e. The molecule has 84 valence electrons. The van der Waals surface area contributed by atoms with Gasteiger partial charge in [-0.15, -0.1) is 0 Å². The zero-order chi connectivity index (χ0) is 11.7. The van der Waals surface area contributed by atoms with E-state index in [-0.39, 0.29) is 0 Å². The standard InChI is InChI=1S/C13H11N3O/c17-8-10-9-4-1-2-5-11(9)15-13(10)16-12-6-3-7-14-12/h1-8,14-16H. The summed E-state index contributed by atoms with van der Waals surface area (Å²) >= 11 is 0. The van der Waals surface area contributed by atoms with Gasteiger partial charge in [0.15, 0.2) is 6.29 Å². The highest BCUT2D eigenvalue weighted by atomic mass is 16.1. The number of benzene rings is 1. The number of nitrogens with one attached hydrogen (secondary N) is 3. The van der Waals surface area contributed by atoms with E-state index >= 15 is 0 Å². The number of para-hydroxylation sites is 1. The fraction of sp³-hybridized carbons (Fsp3) is 0. The minimum absolute atomic E-state index is 0.648. The van der Waals surface area contributed by atoms with Crippen molar-refractivity contribution in [1.29, 1.82) is 0 Å². The molecule has 0 amide bonds. The number of hydrogen-bond donors (Lipinski definition) is 3.